The summed E-state index contributed by atoms with van der Waals surface area (Å²) in [5, 5.41) is 3.70. The van der Waals surface area contributed by atoms with Crippen LogP contribution in [-0.4, -0.2) is 5.91 Å². The Morgan fingerprint density at radius 1 is 1.15 bits per heavy atom. The van der Waals surface area contributed by atoms with Gasteiger partial charge in [0.1, 0.15) is 5.82 Å². The molecule has 1 amide bonds. The molecule has 0 heterocycles. The van der Waals surface area contributed by atoms with Gasteiger partial charge in [-0.05, 0) is 35.9 Å². The molecule has 0 aliphatic heterocycles. The van der Waals surface area contributed by atoms with E-state index in [1.165, 1.54) is 12.1 Å². The zero-order valence-corrected chi connectivity index (χ0v) is 11.8. The Bertz CT molecular complexity index is 662. The first-order chi connectivity index (χ1) is 9.47. The molecular weight excluding hydrogens is 302 g/mol. The molecule has 3 N–H and O–H groups in total. The van der Waals surface area contributed by atoms with Crippen LogP contribution in [0.15, 0.2) is 36.4 Å². The molecule has 104 valence electrons. The summed E-state index contributed by atoms with van der Waals surface area (Å²) in [6.45, 7) is 0.388. The van der Waals surface area contributed by atoms with Crippen molar-refractivity contribution >= 4 is 34.8 Å². The number of hydrogen-bond acceptors (Lipinski definition) is 2. The minimum atomic E-state index is -0.599. The van der Waals surface area contributed by atoms with E-state index in [4.69, 9.17) is 28.9 Å². The Labute approximate surface area is 125 Å². The Morgan fingerprint density at radius 2 is 1.90 bits per heavy atom. The van der Waals surface area contributed by atoms with Crippen LogP contribution >= 0.6 is 23.2 Å². The summed E-state index contributed by atoms with van der Waals surface area (Å²) >= 11 is 11.8. The van der Waals surface area contributed by atoms with Crippen molar-refractivity contribution in [2.75, 3.05) is 5.32 Å². The number of nitrogens with two attached hydrogens (primary N) is 1. The largest absolute Gasteiger partial charge is 0.381 e. The highest BCUT2D eigenvalue weighted by Crippen LogP contribution is 2.22. The number of rotatable bonds is 4. The van der Waals surface area contributed by atoms with Gasteiger partial charge in [-0.3, -0.25) is 4.79 Å². The van der Waals surface area contributed by atoms with Gasteiger partial charge in [0.25, 0.3) is 0 Å². The molecule has 0 unspecified atom stereocenters. The Morgan fingerprint density at radius 3 is 2.55 bits per heavy atom. The van der Waals surface area contributed by atoms with Crippen molar-refractivity contribution in [2.24, 2.45) is 5.73 Å². The van der Waals surface area contributed by atoms with Gasteiger partial charge in [-0.1, -0.05) is 29.3 Å². The summed E-state index contributed by atoms with van der Waals surface area (Å²) in [4.78, 5) is 11.2. The Hall–Kier alpha value is -1.78. The first-order valence-corrected chi connectivity index (χ1v) is 6.50. The first kappa shape index (κ1) is 14.6. The monoisotopic (exact) mass is 312 g/mol. The van der Waals surface area contributed by atoms with Gasteiger partial charge in [-0.2, -0.15) is 0 Å². The third-order valence-corrected chi connectivity index (χ3v) is 3.41. The van der Waals surface area contributed by atoms with Crippen molar-refractivity contribution < 1.29 is 9.18 Å². The van der Waals surface area contributed by atoms with Crippen molar-refractivity contribution in [3.8, 4) is 0 Å². The number of amides is 1. The highest BCUT2D eigenvalue weighted by atomic mass is 35.5. The zero-order chi connectivity index (χ0) is 14.7. The SMILES string of the molecule is NC(=O)c1cc(NCc2ccc(F)cc2Cl)ccc1Cl. The molecule has 0 aliphatic rings. The smallest absolute Gasteiger partial charge is 0.250 e. The minimum Gasteiger partial charge on any atom is -0.381 e. The number of primary amides is 1. The predicted molar refractivity (Wildman–Crippen MR) is 78.7 cm³/mol. The molecule has 20 heavy (non-hydrogen) atoms. The maximum atomic E-state index is 12.9. The number of benzene rings is 2. The maximum Gasteiger partial charge on any atom is 0.250 e. The molecule has 0 atom stereocenters. The van der Waals surface area contributed by atoms with Crippen LogP contribution in [0.1, 0.15) is 15.9 Å². The van der Waals surface area contributed by atoms with E-state index in [2.05, 4.69) is 5.32 Å². The lowest BCUT2D eigenvalue weighted by Crippen LogP contribution is -2.12. The average Bonchev–Trinajstić information content (AvgIpc) is 2.39. The summed E-state index contributed by atoms with van der Waals surface area (Å²) in [5.41, 5.74) is 6.86. The molecule has 6 heteroatoms. The predicted octanol–water partition coefficient (Wildman–Crippen LogP) is 3.84. The molecule has 2 aromatic rings. The van der Waals surface area contributed by atoms with Gasteiger partial charge in [0, 0.05) is 17.3 Å². The molecular formula is C14H11Cl2FN2O. The van der Waals surface area contributed by atoms with E-state index in [0.29, 0.717) is 22.3 Å². The van der Waals surface area contributed by atoms with Crippen LogP contribution in [0.3, 0.4) is 0 Å². The Kier molecular flexibility index (Phi) is 4.47. The van der Waals surface area contributed by atoms with Crippen molar-refractivity contribution in [2.45, 2.75) is 6.54 Å². The molecule has 0 saturated heterocycles. The molecule has 0 radical (unpaired) electrons. The van der Waals surface area contributed by atoms with E-state index in [1.807, 2.05) is 0 Å². The van der Waals surface area contributed by atoms with Crippen molar-refractivity contribution in [1.82, 2.24) is 0 Å². The van der Waals surface area contributed by atoms with Crippen LogP contribution in [0, 0.1) is 5.82 Å². The molecule has 0 fully saturated rings. The highest BCUT2D eigenvalue weighted by Gasteiger charge is 2.08. The molecule has 0 saturated carbocycles. The molecule has 0 spiro atoms. The molecule has 0 bridgehead atoms. The normalized spacial score (nSPS) is 10.3. The van der Waals surface area contributed by atoms with Gasteiger partial charge in [0.2, 0.25) is 5.91 Å². The quantitative estimate of drug-likeness (QED) is 0.901. The van der Waals surface area contributed by atoms with E-state index < -0.39 is 5.91 Å². The lowest BCUT2D eigenvalue weighted by atomic mass is 10.1. The molecule has 0 aliphatic carbocycles. The lowest BCUT2D eigenvalue weighted by Gasteiger charge is -2.10. The van der Waals surface area contributed by atoms with Crippen molar-refractivity contribution in [3.05, 3.63) is 63.4 Å². The van der Waals surface area contributed by atoms with Crippen LogP contribution in [0.5, 0.6) is 0 Å². The number of halogens is 3. The lowest BCUT2D eigenvalue weighted by molar-refractivity contribution is 0.100. The van der Waals surface area contributed by atoms with Gasteiger partial charge < -0.3 is 11.1 Å². The van der Waals surface area contributed by atoms with Crippen LogP contribution in [0.25, 0.3) is 0 Å². The number of hydrogen-bond donors (Lipinski definition) is 2. The molecule has 2 aromatic carbocycles. The van der Waals surface area contributed by atoms with E-state index in [0.717, 1.165) is 5.56 Å². The highest BCUT2D eigenvalue weighted by molar-refractivity contribution is 6.34. The maximum absolute atomic E-state index is 12.9. The van der Waals surface area contributed by atoms with Crippen LogP contribution in [-0.2, 0) is 6.54 Å². The van der Waals surface area contributed by atoms with Gasteiger partial charge in [0.05, 0.1) is 10.6 Å². The third-order valence-electron chi connectivity index (χ3n) is 2.73. The van der Waals surface area contributed by atoms with E-state index in [-0.39, 0.29) is 11.4 Å². The fourth-order valence-corrected chi connectivity index (χ4v) is 2.13. The van der Waals surface area contributed by atoms with Gasteiger partial charge in [0.15, 0.2) is 0 Å². The van der Waals surface area contributed by atoms with Gasteiger partial charge in [-0.25, -0.2) is 4.39 Å². The third kappa shape index (κ3) is 3.40. The fourth-order valence-electron chi connectivity index (χ4n) is 1.69. The fraction of sp³-hybridized carbons (Fsp3) is 0.0714. The van der Waals surface area contributed by atoms with Crippen LogP contribution in [0.2, 0.25) is 10.0 Å². The number of anilines is 1. The van der Waals surface area contributed by atoms with Crippen LogP contribution in [0.4, 0.5) is 10.1 Å². The summed E-state index contributed by atoms with van der Waals surface area (Å²) in [6, 6.07) is 9.02. The number of carbonyl (C=O) groups excluding carboxylic acids is 1. The van der Waals surface area contributed by atoms with Crippen LogP contribution < -0.4 is 11.1 Å². The van der Waals surface area contributed by atoms with Gasteiger partial charge >= 0.3 is 0 Å². The number of nitrogens with one attached hydrogen (secondary N) is 1. The number of carbonyl (C=O) groups is 1. The second-order valence-corrected chi connectivity index (χ2v) is 4.96. The van der Waals surface area contributed by atoms with Gasteiger partial charge in [-0.15, -0.1) is 0 Å². The van der Waals surface area contributed by atoms with E-state index >= 15 is 0 Å². The summed E-state index contributed by atoms with van der Waals surface area (Å²) < 4.78 is 12.9. The summed E-state index contributed by atoms with van der Waals surface area (Å²) in [6.07, 6.45) is 0. The summed E-state index contributed by atoms with van der Waals surface area (Å²) in [7, 11) is 0. The topological polar surface area (TPSA) is 55.1 Å². The van der Waals surface area contributed by atoms with Crippen molar-refractivity contribution in [1.29, 1.82) is 0 Å². The molecule has 2 rings (SSSR count). The minimum absolute atomic E-state index is 0.238. The standard InChI is InChI=1S/C14H11Cl2FN2O/c15-12-4-3-10(6-11(12)14(18)20)19-7-8-1-2-9(17)5-13(8)16/h1-6,19H,7H2,(H2,18,20). The Balaban J connectivity index is 2.15. The molecule has 3 nitrogen and oxygen atoms in total. The second kappa shape index (κ2) is 6.11. The van der Waals surface area contributed by atoms with E-state index in [1.54, 1.807) is 24.3 Å². The van der Waals surface area contributed by atoms with Crippen molar-refractivity contribution in [3.63, 3.8) is 0 Å². The van der Waals surface area contributed by atoms with E-state index in [9.17, 15) is 9.18 Å². The first-order valence-electron chi connectivity index (χ1n) is 5.74. The molecule has 0 aromatic heterocycles. The zero-order valence-electron chi connectivity index (χ0n) is 10.3. The second-order valence-electron chi connectivity index (χ2n) is 4.15. The average molecular weight is 313 g/mol. The summed E-state index contributed by atoms with van der Waals surface area (Å²) in [5.74, 6) is -0.986.